The molecule has 0 spiro atoms. The number of rotatable bonds is 7. The summed E-state index contributed by atoms with van der Waals surface area (Å²) in [6, 6.07) is 10.6. The molecule has 0 bridgehead atoms. The smallest absolute Gasteiger partial charge is 0.265 e. The summed E-state index contributed by atoms with van der Waals surface area (Å²) >= 11 is 0. The molecule has 3 rings (SSSR count). The van der Waals surface area contributed by atoms with Crippen molar-refractivity contribution in [2.24, 2.45) is 0 Å². The molecule has 0 saturated carbocycles. The summed E-state index contributed by atoms with van der Waals surface area (Å²) in [6.07, 6.45) is 1.03. The summed E-state index contributed by atoms with van der Waals surface area (Å²) in [5, 5.41) is 7.49. The largest absolute Gasteiger partial charge is 0.353 e. The predicted molar refractivity (Wildman–Crippen MR) is 102 cm³/mol. The molecule has 1 heterocycles. The molecule has 0 saturated heterocycles. The molecule has 0 fully saturated rings. The maximum atomic E-state index is 12.7. The average molecular weight is 384 g/mol. The molecule has 0 aromatic heterocycles. The highest BCUT2D eigenvalue weighted by Gasteiger charge is 2.36. The van der Waals surface area contributed by atoms with Gasteiger partial charge in [-0.05, 0) is 30.5 Å². The summed E-state index contributed by atoms with van der Waals surface area (Å²) in [7, 11) is -3.68. The summed E-state index contributed by atoms with van der Waals surface area (Å²) < 4.78 is 26.7. The Labute approximate surface area is 154 Å². The van der Waals surface area contributed by atoms with Crippen LogP contribution in [0.15, 0.2) is 41.3 Å². The summed E-state index contributed by atoms with van der Waals surface area (Å²) in [5.41, 5.74) is 0.572. The first-order valence-corrected chi connectivity index (χ1v) is 9.51. The Kier molecular flexibility index (Phi) is 6.26. The van der Waals surface area contributed by atoms with Crippen LogP contribution in [0.1, 0.15) is 13.3 Å². The average Bonchev–Trinajstić information content (AvgIpc) is 2.78. The Morgan fingerprint density at radius 1 is 1.08 bits per heavy atom. The molecule has 2 aromatic rings. The molecule has 1 amide bonds. The van der Waals surface area contributed by atoms with E-state index in [9.17, 15) is 13.2 Å². The first-order chi connectivity index (χ1) is 11.6. The van der Waals surface area contributed by atoms with Crippen molar-refractivity contribution < 1.29 is 13.2 Å². The number of sulfonamides is 1. The first-order valence-electron chi connectivity index (χ1n) is 8.07. The molecule has 2 aromatic carbocycles. The SMILES string of the molecule is CCCNCCNC(=O)CN1c2cccc3cccc(c23)S1(=O)=O.Cl. The second-order valence-corrected chi connectivity index (χ2v) is 7.57. The van der Waals surface area contributed by atoms with Crippen LogP contribution in [-0.2, 0) is 14.8 Å². The predicted octanol–water partition coefficient (Wildman–Crippen LogP) is 1.89. The highest BCUT2D eigenvalue weighted by molar-refractivity contribution is 7.93. The minimum absolute atomic E-state index is 0. The molecular weight excluding hydrogens is 362 g/mol. The first kappa shape index (κ1) is 19.5. The van der Waals surface area contributed by atoms with E-state index >= 15 is 0 Å². The van der Waals surface area contributed by atoms with Gasteiger partial charge in [0.15, 0.2) is 0 Å². The van der Waals surface area contributed by atoms with E-state index in [0.717, 1.165) is 18.4 Å². The lowest BCUT2D eigenvalue weighted by molar-refractivity contribution is -0.119. The highest BCUT2D eigenvalue weighted by Crippen LogP contribution is 2.41. The Morgan fingerprint density at radius 3 is 2.52 bits per heavy atom. The Morgan fingerprint density at radius 2 is 1.80 bits per heavy atom. The van der Waals surface area contributed by atoms with Crippen molar-refractivity contribution in [1.29, 1.82) is 0 Å². The molecule has 8 heteroatoms. The van der Waals surface area contributed by atoms with Crippen molar-refractivity contribution in [2.45, 2.75) is 18.2 Å². The van der Waals surface area contributed by atoms with Crippen LogP contribution < -0.4 is 14.9 Å². The molecule has 0 aliphatic carbocycles. The Balaban J connectivity index is 0.00000225. The normalized spacial score (nSPS) is 14.4. The number of halogens is 1. The van der Waals surface area contributed by atoms with Crippen LogP contribution in [0, 0.1) is 0 Å². The van der Waals surface area contributed by atoms with Gasteiger partial charge >= 0.3 is 0 Å². The minimum Gasteiger partial charge on any atom is -0.353 e. The number of hydrogen-bond acceptors (Lipinski definition) is 4. The maximum Gasteiger partial charge on any atom is 0.265 e. The molecule has 0 atom stereocenters. The van der Waals surface area contributed by atoms with E-state index in [1.54, 1.807) is 18.2 Å². The lowest BCUT2D eigenvalue weighted by Gasteiger charge is -2.18. The van der Waals surface area contributed by atoms with E-state index in [0.29, 0.717) is 24.2 Å². The molecular formula is C17H22ClN3O3S. The fourth-order valence-corrected chi connectivity index (χ4v) is 4.57. The third-order valence-electron chi connectivity index (χ3n) is 4.02. The lowest BCUT2D eigenvalue weighted by Crippen LogP contribution is -2.41. The lowest BCUT2D eigenvalue weighted by atomic mass is 10.1. The molecule has 136 valence electrons. The van der Waals surface area contributed by atoms with Gasteiger partial charge in [0.1, 0.15) is 6.54 Å². The molecule has 6 nitrogen and oxygen atoms in total. The van der Waals surface area contributed by atoms with Crippen molar-refractivity contribution in [3.8, 4) is 0 Å². The van der Waals surface area contributed by atoms with Gasteiger partial charge in [-0.2, -0.15) is 0 Å². The van der Waals surface area contributed by atoms with E-state index in [2.05, 4.69) is 17.6 Å². The van der Waals surface area contributed by atoms with Crippen molar-refractivity contribution in [2.75, 3.05) is 30.5 Å². The van der Waals surface area contributed by atoms with Crippen LogP contribution in [0.4, 0.5) is 5.69 Å². The van der Waals surface area contributed by atoms with Gasteiger partial charge in [0.25, 0.3) is 10.0 Å². The van der Waals surface area contributed by atoms with Gasteiger partial charge in [0, 0.05) is 18.5 Å². The number of carbonyl (C=O) groups excluding carboxylic acids is 1. The van der Waals surface area contributed by atoms with Crippen molar-refractivity contribution >= 4 is 44.8 Å². The topological polar surface area (TPSA) is 78.5 Å². The van der Waals surface area contributed by atoms with E-state index in [1.165, 1.54) is 4.31 Å². The van der Waals surface area contributed by atoms with Crippen LogP contribution >= 0.6 is 12.4 Å². The van der Waals surface area contributed by atoms with Crippen molar-refractivity contribution in [3.05, 3.63) is 36.4 Å². The summed E-state index contributed by atoms with van der Waals surface area (Å²) in [4.78, 5) is 12.4. The molecule has 1 aliphatic heterocycles. The maximum absolute atomic E-state index is 12.7. The number of hydrogen-bond donors (Lipinski definition) is 2. The van der Waals surface area contributed by atoms with E-state index in [4.69, 9.17) is 0 Å². The van der Waals surface area contributed by atoms with E-state index in [1.807, 2.05) is 18.2 Å². The van der Waals surface area contributed by atoms with Crippen LogP contribution in [0.5, 0.6) is 0 Å². The van der Waals surface area contributed by atoms with Crippen LogP contribution in [0.3, 0.4) is 0 Å². The minimum atomic E-state index is -3.68. The number of amides is 1. The van der Waals surface area contributed by atoms with Gasteiger partial charge in [0.05, 0.1) is 10.6 Å². The molecule has 0 unspecified atom stereocenters. The molecule has 0 radical (unpaired) electrons. The third-order valence-corrected chi connectivity index (χ3v) is 5.82. The van der Waals surface area contributed by atoms with Gasteiger partial charge < -0.3 is 10.6 Å². The number of nitrogens with zero attached hydrogens (tertiary/aromatic N) is 1. The van der Waals surface area contributed by atoms with Crippen LogP contribution in [0.2, 0.25) is 0 Å². The van der Waals surface area contributed by atoms with E-state index in [-0.39, 0.29) is 29.8 Å². The second-order valence-electron chi connectivity index (χ2n) is 5.74. The van der Waals surface area contributed by atoms with Crippen LogP contribution in [-0.4, -0.2) is 40.5 Å². The highest BCUT2D eigenvalue weighted by atomic mass is 35.5. The van der Waals surface area contributed by atoms with Gasteiger partial charge in [-0.3, -0.25) is 9.10 Å². The molecule has 25 heavy (non-hydrogen) atoms. The number of benzene rings is 2. The van der Waals surface area contributed by atoms with Crippen LogP contribution in [0.25, 0.3) is 10.8 Å². The van der Waals surface area contributed by atoms with Gasteiger partial charge in [-0.15, -0.1) is 12.4 Å². The molecule has 2 N–H and O–H groups in total. The zero-order valence-corrected chi connectivity index (χ0v) is 15.6. The summed E-state index contributed by atoms with van der Waals surface area (Å²) in [5.74, 6) is -0.304. The number of anilines is 1. The molecule has 1 aliphatic rings. The van der Waals surface area contributed by atoms with Gasteiger partial charge in [-0.1, -0.05) is 31.2 Å². The number of nitrogens with one attached hydrogen (secondary N) is 2. The van der Waals surface area contributed by atoms with E-state index < -0.39 is 10.0 Å². The fourth-order valence-electron chi connectivity index (χ4n) is 2.91. The van der Waals surface area contributed by atoms with Crippen molar-refractivity contribution in [1.82, 2.24) is 10.6 Å². The number of carbonyl (C=O) groups is 1. The summed E-state index contributed by atoms with van der Waals surface area (Å²) in [6.45, 7) is 3.91. The Hall–Kier alpha value is -1.83. The zero-order chi connectivity index (χ0) is 17.2. The monoisotopic (exact) mass is 383 g/mol. The quantitative estimate of drug-likeness (QED) is 0.715. The zero-order valence-electron chi connectivity index (χ0n) is 14.0. The Bertz CT molecular complexity index is 865. The van der Waals surface area contributed by atoms with Gasteiger partial charge in [0.2, 0.25) is 5.91 Å². The van der Waals surface area contributed by atoms with Crippen molar-refractivity contribution in [3.63, 3.8) is 0 Å². The second kappa shape index (κ2) is 8.03. The third kappa shape index (κ3) is 3.73. The fraction of sp³-hybridized carbons (Fsp3) is 0.353. The standard InChI is InChI=1S/C17H21N3O3S.ClH/c1-2-9-18-10-11-19-16(21)12-20-14-7-3-5-13-6-4-8-15(17(13)14)24(20,22)23;/h3-8,18H,2,9-12H2,1H3,(H,19,21);1H. The van der Waals surface area contributed by atoms with Gasteiger partial charge in [-0.25, -0.2) is 8.42 Å².